The highest BCUT2D eigenvalue weighted by molar-refractivity contribution is 5.34. The van der Waals surface area contributed by atoms with Gasteiger partial charge in [-0.25, -0.2) is 4.39 Å². The van der Waals surface area contributed by atoms with Gasteiger partial charge in [-0.2, -0.15) is 0 Å². The number of benzene rings is 2. The number of nitro benzene ring substituents is 1. The van der Waals surface area contributed by atoms with Crippen LogP contribution in [0.5, 0.6) is 5.75 Å². The van der Waals surface area contributed by atoms with Crippen LogP contribution < -0.4 is 4.74 Å². The molecule has 0 N–H and O–H groups in total. The molecule has 0 aliphatic heterocycles. The number of hydrogen-bond acceptors (Lipinski definition) is 3. The Bertz CT molecular complexity index is 554. The highest BCUT2D eigenvalue weighted by atomic mass is 19.1. The molecule has 0 aliphatic rings. The molecule has 0 unspecified atom stereocenters. The van der Waals surface area contributed by atoms with Crippen molar-refractivity contribution in [2.75, 3.05) is 0 Å². The van der Waals surface area contributed by atoms with Crippen LogP contribution in [0, 0.1) is 15.9 Å². The zero-order valence-electron chi connectivity index (χ0n) is 9.38. The summed E-state index contributed by atoms with van der Waals surface area (Å²) >= 11 is 0. The van der Waals surface area contributed by atoms with Gasteiger partial charge in [0.1, 0.15) is 18.2 Å². The summed E-state index contributed by atoms with van der Waals surface area (Å²) in [6, 6.07) is 11.8. The first-order valence-corrected chi connectivity index (χ1v) is 5.27. The molecule has 18 heavy (non-hydrogen) atoms. The maximum absolute atomic E-state index is 12.7. The second kappa shape index (κ2) is 5.27. The molecule has 2 aromatic rings. The Morgan fingerprint density at radius 2 is 1.89 bits per heavy atom. The molecular weight excluding hydrogens is 237 g/mol. The van der Waals surface area contributed by atoms with Crippen LogP contribution >= 0.6 is 0 Å². The van der Waals surface area contributed by atoms with E-state index in [1.807, 2.05) is 0 Å². The Hall–Kier alpha value is -2.43. The number of rotatable bonds is 4. The van der Waals surface area contributed by atoms with Crippen molar-refractivity contribution in [1.82, 2.24) is 0 Å². The number of nitrogens with zero attached hydrogens (tertiary/aromatic N) is 1. The van der Waals surface area contributed by atoms with Crippen molar-refractivity contribution in [3.63, 3.8) is 0 Å². The summed E-state index contributed by atoms with van der Waals surface area (Å²) in [5, 5.41) is 10.6. The first kappa shape index (κ1) is 12.0. The van der Waals surface area contributed by atoms with E-state index in [1.165, 1.54) is 36.4 Å². The van der Waals surface area contributed by atoms with Crippen LogP contribution in [0.4, 0.5) is 10.1 Å². The lowest BCUT2D eigenvalue weighted by atomic mass is 10.2. The van der Waals surface area contributed by atoms with Crippen molar-refractivity contribution in [2.24, 2.45) is 0 Å². The van der Waals surface area contributed by atoms with Gasteiger partial charge in [0.2, 0.25) is 0 Å². The first-order valence-electron chi connectivity index (χ1n) is 5.27. The molecule has 0 heterocycles. The Kier molecular flexibility index (Phi) is 3.52. The van der Waals surface area contributed by atoms with E-state index < -0.39 is 4.92 Å². The molecule has 92 valence electrons. The summed E-state index contributed by atoms with van der Waals surface area (Å²) < 4.78 is 18.1. The van der Waals surface area contributed by atoms with Crippen molar-refractivity contribution in [2.45, 2.75) is 6.61 Å². The first-order chi connectivity index (χ1) is 8.65. The van der Waals surface area contributed by atoms with E-state index in [-0.39, 0.29) is 18.1 Å². The minimum absolute atomic E-state index is 0.0233. The summed E-state index contributed by atoms with van der Waals surface area (Å²) in [6.07, 6.45) is 0. The van der Waals surface area contributed by atoms with Crippen molar-refractivity contribution >= 4 is 5.69 Å². The van der Waals surface area contributed by atoms with Gasteiger partial charge < -0.3 is 4.74 Å². The second-order valence-electron chi connectivity index (χ2n) is 3.67. The molecule has 0 spiro atoms. The molecule has 0 aliphatic carbocycles. The highest BCUT2D eigenvalue weighted by Crippen LogP contribution is 2.16. The summed E-state index contributed by atoms with van der Waals surface area (Å²) in [5.41, 5.74) is 0.712. The lowest BCUT2D eigenvalue weighted by Crippen LogP contribution is -1.96. The molecule has 2 rings (SSSR count). The van der Waals surface area contributed by atoms with E-state index in [4.69, 9.17) is 4.74 Å². The second-order valence-corrected chi connectivity index (χ2v) is 3.67. The molecule has 0 bridgehead atoms. The molecule has 0 amide bonds. The Morgan fingerprint density at radius 1 is 1.17 bits per heavy atom. The molecule has 0 saturated heterocycles. The van der Waals surface area contributed by atoms with Crippen LogP contribution in [0.15, 0.2) is 48.5 Å². The molecule has 2 aromatic carbocycles. The fraction of sp³-hybridized carbons (Fsp3) is 0.0769. The van der Waals surface area contributed by atoms with Gasteiger partial charge in [-0.05, 0) is 29.8 Å². The fourth-order valence-electron chi connectivity index (χ4n) is 1.46. The van der Waals surface area contributed by atoms with E-state index in [0.717, 1.165) is 0 Å². The van der Waals surface area contributed by atoms with E-state index >= 15 is 0 Å². The zero-order valence-corrected chi connectivity index (χ0v) is 9.38. The van der Waals surface area contributed by atoms with Gasteiger partial charge in [-0.3, -0.25) is 10.1 Å². The minimum Gasteiger partial charge on any atom is -0.489 e. The van der Waals surface area contributed by atoms with Gasteiger partial charge in [0.05, 0.1) is 4.92 Å². The molecule has 0 atom stereocenters. The number of non-ortho nitro benzene ring substituents is 1. The Labute approximate surface area is 103 Å². The third-order valence-electron chi connectivity index (χ3n) is 2.34. The monoisotopic (exact) mass is 247 g/mol. The van der Waals surface area contributed by atoms with Crippen molar-refractivity contribution in [3.8, 4) is 5.75 Å². The van der Waals surface area contributed by atoms with Crippen LogP contribution in [0.2, 0.25) is 0 Å². The molecule has 0 aromatic heterocycles. The van der Waals surface area contributed by atoms with Crippen LogP contribution in [-0.4, -0.2) is 4.92 Å². The van der Waals surface area contributed by atoms with Crippen LogP contribution in [-0.2, 0) is 6.61 Å². The zero-order chi connectivity index (χ0) is 13.0. The quantitative estimate of drug-likeness (QED) is 0.615. The lowest BCUT2D eigenvalue weighted by molar-refractivity contribution is -0.384. The highest BCUT2D eigenvalue weighted by Gasteiger charge is 2.05. The number of halogens is 1. The van der Waals surface area contributed by atoms with Crippen molar-refractivity contribution in [1.29, 1.82) is 0 Å². The number of ether oxygens (including phenoxy) is 1. The number of hydrogen-bond donors (Lipinski definition) is 0. The van der Waals surface area contributed by atoms with Gasteiger partial charge in [-0.15, -0.1) is 0 Å². The predicted molar refractivity (Wildman–Crippen MR) is 63.8 cm³/mol. The maximum atomic E-state index is 12.7. The molecule has 0 saturated carbocycles. The lowest BCUT2D eigenvalue weighted by Gasteiger charge is -2.05. The average Bonchev–Trinajstić information content (AvgIpc) is 2.38. The molecule has 4 nitrogen and oxygen atoms in total. The largest absolute Gasteiger partial charge is 0.489 e. The number of nitro groups is 1. The van der Waals surface area contributed by atoms with Crippen LogP contribution in [0.1, 0.15) is 5.56 Å². The SMILES string of the molecule is O=[N+]([O-])c1cccc(COc2ccc(F)cc2)c1. The maximum Gasteiger partial charge on any atom is 0.269 e. The molecular formula is C13H10FNO3. The molecule has 0 fully saturated rings. The summed E-state index contributed by atoms with van der Waals surface area (Å²) in [6.45, 7) is 0.202. The topological polar surface area (TPSA) is 52.4 Å². The van der Waals surface area contributed by atoms with Gasteiger partial charge in [0.25, 0.3) is 5.69 Å². The van der Waals surface area contributed by atoms with Crippen molar-refractivity contribution in [3.05, 3.63) is 70.0 Å². The standard InChI is InChI=1S/C13H10FNO3/c14-11-4-6-13(7-5-11)18-9-10-2-1-3-12(8-10)15(16)17/h1-8H,9H2. The third kappa shape index (κ3) is 3.04. The summed E-state index contributed by atoms with van der Waals surface area (Å²) in [4.78, 5) is 10.1. The van der Waals surface area contributed by atoms with Crippen LogP contribution in [0.3, 0.4) is 0 Å². The van der Waals surface area contributed by atoms with Gasteiger partial charge in [-0.1, -0.05) is 12.1 Å². The fourth-order valence-corrected chi connectivity index (χ4v) is 1.46. The van der Waals surface area contributed by atoms with Crippen LogP contribution in [0.25, 0.3) is 0 Å². The molecule has 0 radical (unpaired) electrons. The Balaban J connectivity index is 2.04. The normalized spacial score (nSPS) is 10.1. The smallest absolute Gasteiger partial charge is 0.269 e. The van der Waals surface area contributed by atoms with Gasteiger partial charge >= 0.3 is 0 Å². The van der Waals surface area contributed by atoms with E-state index in [2.05, 4.69) is 0 Å². The van der Waals surface area contributed by atoms with Gasteiger partial charge in [0, 0.05) is 12.1 Å². The van der Waals surface area contributed by atoms with E-state index in [9.17, 15) is 14.5 Å². The molecule has 5 heteroatoms. The van der Waals surface area contributed by atoms with Crippen molar-refractivity contribution < 1.29 is 14.1 Å². The summed E-state index contributed by atoms with van der Waals surface area (Å²) in [5.74, 6) is 0.181. The van der Waals surface area contributed by atoms with Gasteiger partial charge in [0.15, 0.2) is 0 Å². The average molecular weight is 247 g/mol. The minimum atomic E-state index is -0.457. The van der Waals surface area contributed by atoms with E-state index in [0.29, 0.717) is 11.3 Å². The summed E-state index contributed by atoms with van der Waals surface area (Å²) in [7, 11) is 0. The third-order valence-corrected chi connectivity index (χ3v) is 2.34. The van der Waals surface area contributed by atoms with E-state index in [1.54, 1.807) is 12.1 Å². The Morgan fingerprint density at radius 3 is 2.56 bits per heavy atom. The predicted octanol–water partition coefficient (Wildman–Crippen LogP) is 3.31.